The van der Waals surface area contributed by atoms with Gasteiger partial charge >= 0.3 is 0 Å². The van der Waals surface area contributed by atoms with Crippen LogP contribution in [0.25, 0.3) is 0 Å². The summed E-state index contributed by atoms with van der Waals surface area (Å²) in [7, 11) is 0. The SMILES string of the molecule is CCC(CC)C(O)CNCc1cc(Br)ccc1F. The Bertz CT molecular complexity index is 369. The number of rotatable bonds is 7. The highest BCUT2D eigenvalue weighted by Crippen LogP contribution is 2.16. The van der Waals surface area contributed by atoms with Crippen LogP contribution in [0.5, 0.6) is 0 Å². The van der Waals surface area contributed by atoms with Gasteiger partial charge in [0.05, 0.1) is 6.10 Å². The molecular weight excluding hydrogens is 297 g/mol. The van der Waals surface area contributed by atoms with Gasteiger partial charge in [-0.1, -0.05) is 42.6 Å². The van der Waals surface area contributed by atoms with Crippen LogP contribution in [-0.2, 0) is 6.54 Å². The van der Waals surface area contributed by atoms with Crippen LogP contribution in [0, 0.1) is 11.7 Å². The average Bonchev–Trinajstić information content (AvgIpc) is 2.35. The Morgan fingerprint density at radius 1 is 1.33 bits per heavy atom. The fourth-order valence-electron chi connectivity index (χ4n) is 2.03. The lowest BCUT2D eigenvalue weighted by molar-refractivity contribution is 0.101. The van der Waals surface area contributed by atoms with Crippen LogP contribution < -0.4 is 5.32 Å². The van der Waals surface area contributed by atoms with Gasteiger partial charge in [0.1, 0.15) is 5.82 Å². The minimum Gasteiger partial charge on any atom is -0.392 e. The van der Waals surface area contributed by atoms with E-state index in [2.05, 4.69) is 35.1 Å². The van der Waals surface area contributed by atoms with E-state index < -0.39 is 0 Å². The molecule has 1 unspecified atom stereocenters. The van der Waals surface area contributed by atoms with Crippen molar-refractivity contribution in [1.82, 2.24) is 5.32 Å². The molecule has 102 valence electrons. The zero-order chi connectivity index (χ0) is 13.5. The lowest BCUT2D eigenvalue weighted by atomic mass is 9.96. The Balaban J connectivity index is 2.44. The van der Waals surface area contributed by atoms with Crippen molar-refractivity contribution in [2.24, 2.45) is 5.92 Å². The number of aliphatic hydroxyl groups excluding tert-OH is 1. The molecule has 2 nitrogen and oxygen atoms in total. The molecule has 0 bridgehead atoms. The van der Waals surface area contributed by atoms with Crippen molar-refractivity contribution in [3.63, 3.8) is 0 Å². The zero-order valence-corrected chi connectivity index (χ0v) is 12.5. The molecule has 4 heteroatoms. The number of benzene rings is 1. The molecule has 1 aromatic carbocycles. The van der Waals surface area contributed by atoms with E-state index >= 15 is 0 Å². The van der Waals surface area contributed by atoms with Crippen LogP contribution in [-0.4, -0.2) is 17.8 Å². The van der Waals surface area contributed by atoms with Crippen LogP contribution in [0.15, 0.2) is 22.7 Å². The molecule has 0 aliphatic carbocycles. The fourth-order valence-corrected chi connectivity index (χ4v) is 2.44. The quantitative estimate of drug-likeness (QED) is 0.807. The summed E-state index contributed by atoms with van der Waals surface area (Å²) in [5.41, 5.74) is 0.612. The normalized spacial score (nSPS) is 13.0. The van der Waals surface area contributed by atoms with Crippen molar-refractivity contribution in [2.45, 2.75) is 39.3 Å². The van der Waals surface area contributed by atoms with Gasteiger partial charge in [0.2, 0.25) is 0 Å². The van der Waals surface area contributed by atoms with Gasteiger partial charge in [0.25, 0.3) is 0 Å². The fraction of sp³-hybridized carbons (Fsp3) is 0.571. The highest BCUT2D eigenvalue weighted by molar-refractivity contribution is 9.10. The average molecular weight is 318 g/mol. The molecule has 0 aromatic heterocycles. The molecule has 0 heterocycles. The first-order valence-electron chi connectivity index (χ1n) is 6.41. The zero-order valence-electron chi connectivity index (χ0n) is 10.9. The first-order chi connectivity index (χ1) is 8.58. The molecule has 2 N–H and O–H groups in total. The van der Waals surface area contributed by atoms with Gasteiger partial charge in [-0.2, -0.15) is 0 Å². The van der Waals surface area contributed by atoms with E-state index in [0.29, 0.717) is 24.6 Å². The number of hydrogen-bond acceptors (Lipinski definition) is 2. The largest absolute Gasteiger partial charge is 0.392 e. The molecule has 0 aliphatic heterocycles. The Labute approximate surface area is 117 Å². The summed E-state index contributed by atoms with van der Waals surface area (Å²) in [6.45, 7) is 5.08. The maximum Gasteiger partial charge on any atom is 0.127 e. The maximum absolute atomic E-state index is 13.5. The third-order valence-corrected chi connectivity index (χ3v) is 3.76. The highest BCUT2D eigenvalue weighted by atomic mass is 79.9. The van der Waals surface area contributed by atoms with Gasteiger partial charge in [-0.25, -0.2) is 4.39 Å². The topological polar surface area (TPSA) is 32.3 Å². The second kappa shape index (κ2) is 7.87. The molecule has 0 aliphatic rings. The van der Waals surface area contributed by atoms with Crippen molar-refractivity contribution in [1.29, 1.82) is 0 Å². The second-order valence-corrected chi connectivity index (χ2v) is 5.43. The summed E-state index contributed by atoms with van der Waals surface area (Å²) in [5, 5.41) is 13.1. The number of aliphatic hydroxyl groups is 1. The Hall–Kier alpha value is -0.450. The molecule has 1 aromatic rings. The summed E-state index contributed by atoms with van der Waals surface area (Å²) in [5.74, 6) is 0.0904. The monoisotopic (exact) mass is 317 g/mol. The van der Waals surface area contributed by atoms with Crippen LogP contribution in [0.4, 0.5) is 4.39 Å². The molecule has 18 heavy (non-hydrogen) atoms. The first-order valence-corrected chi connectivity index (χ1v) is 7.20. The molecule has 1 atom stereocenters. The lowest BCUT2D eigenvalue weighted by Gasteiger charge is -2.20. The predicted molar refractivity (Wildman–Crippen MR) is 75.9 cm³/mol. The van der Waals surface area contributed by atoms with Crippen molar-refractivity contribution >= 4 is 15.9 Å². The van der Waals surface area contributed by atoms with Gasteiger partial charge in [-0.3, -0.25) is 0 Å². The third-order valence-electron chi connectivity index (χ3n) is 3.27. The summed E-state index contributed by atoms with van der Waals surface area (Å²) in [6, 6.07) is 4.88. The first kappa shape index (κ1) is 15.6. The van der Waals surface area contributed by atoms with Gasteiger partial charge in [-0.15, -0.1) is 0 Å². The van der Waals surface area contributed by atoms with E-state index in [1.807, 2.05) is 0 Å². The number of hydrogen-bond donors (Lipinski definition) is 2. The van der Waals surface area contributed by atoms with Crippen LogP contribution >= 0.6 is 15.9 Å². The van der Waals surface area contributed by atoms with Gasteiger partial charge in [0.15, 0.2) is 0 Å². The molecule has 0 amide bonds. The van der Waals surface area contributed by atoms with Gasteiger partial charge in [-0.05, 0) is 24.1 Å². The van der Waals surface area contributed by atoms with E-state index in [1.54, 1.807) is 12.1 Å². The standard InChI is InChI=1S/C14H21BrFNO/c1-3-10(4-2)14(18)9-17-8-11-7-12(15)5-6-13(11)16/h5-7,10,14,17-18H,3-4,8-9H2,1-2H3. The van der Waals surface area contributed by atoms with Crippen molar-refractivity contribution in [2.75, 3.05) is 6.54 Å². The Kier molecular flexibility index (Phi) is 6.82. The molecule has 0 saturated heterocycles. The minimum atomic E-state index is -0.366. The summed E-state index contributed by atoms with van der Waals surface area (Å²) in [4.78, 5) is 0. The smallest absolute Gasteiger partial charge is 0.127 e. The Morgan fingerprint density at radius 3 is 2.61 bits per heavy atom. The van der Waals surface area contributed by atoms with E-state index in [9.17, 15) is 9.50 Å². The van der Waals surface area contributed by atoms with Crippen LogP contribution in [0.3, 0.4) is 0 Å². The number of halogens is 2. The molecule has 0 radical (unpaired) electrons. The van der Waals surface area contributed by atoms with E-state index in [0.717, 1.165) is 17.3 Å². The molecular formula is C14H21BrFNO. The minimum absolute atomic E-state index is 0.220. The lowest BCUT2D eigenvalue weighted by Crippen LogP contribution is -2.32. The maximum atomic E-state index is 13.5. The van der Waals surface area contributed by atoms with E-state index in [1.165, 1.54) is 6.07 Å². The van der Waals surface area contributed by atoms with E-state index in [-0.39, 0.29) is 11.9 Å². The highest BCUT2D eigenvalue weighted by Gasteiger charge is 2.14. The Morgan fingerprint density at radius 2 is 2.00 bits per heavy atom. The summed E-state index contributed by atoms with van der Waals surface area (Å²) in [6.07, 6.45) is 1.56. The summed E-state index contributed by atoms with van der Waals surface area (Å²) >= 11 is 3.32. The molecule has 1 rings (SSSR count). The van der Waals surface area contributed by atoms with Crippen molar-refractivity contribution in [3.8, 4) is 0 Å². The summed E-state index contributed by atoms with van der Waals surface area (Å²) < 4.78 is 14.3. The molecule has 0 fully saturated rings. The predicted octanol–water partition coefficient (Wildman–Crippen LogP) is 3.47. The van der Waals surface area contributed by atoms with Crippen LogP contribution in [0.2, 0.25) is 0 Å². The van der Waals surface area contributed by atoms with Crippen molar-refractivity contribution in [3.05, 3.63) is 34.1 Å². The number of nitrogens with one attached hydrogen (secondary N) is 1. The second-order valence-electron chi connectivity index (χ2n) is 4.51. The van der Waals surface area contributed by atoms with Crippen LogP contribution in [0.1, 0.15) is 32.3 Å². The van der Waals surface area contributed by atoms with Crippen molar-refractivity contribution < 1.29 is 9.50 Å². The molecule has 0 spiro atoms. The van der Waals surface area contributed by atoms with Gasteiger partial charge < -0.3 is 10.4 Å². The van der Waals surface area contributed by atoms with Gasteiger partial charge in [0, 0.05) is 23.1 Å². The molecule has 0 saturated carbocycles. The third kappa shape index (κ3) is 4.67. The van der Waals surface area contributed by atoms with E-state index in [4.69, 9.17) is 0 Å².